The third-order valence-corrected chi connectivity index (χ3v) is 2.51. The Bertz CT molecular complexity index is 99.5. The van der Waals surface area contributed by atoms with Crippen LogP contribution in [0.5, 0.6) is 0 Å². The zero-order valence-electron chi connectivity index (χ0n) is 5.74. The summed E-state index contributed by atoms with van der Waals surface area (Å²) in [4.78, 5) is 0. The van der Waals surface area contributed by atoms with Gasteiger partial charge in [-0.2, -0.15) is 0 Å². The summed E-state index contributed by atoms with van der Waals surface area (Å²) in [6.45, 7) is 2.43. The fraction of sp³-hybridized carbons (Fsp3) is 1.00. The highest BCUT2D eigenvalue weighted by molar-refractivity contribution is 4.95. The molecule has 2 fully saturated rings. The molecule has 2 rings (SSSR count). The summed E-state index contributed by atoms with van der Waals surface area (Å²) >= 11 is 0. The molecule has 2 aliphatic rings. The molecule has 2 N–H and O–H groups in total. The van der Waals surface area contributed by atoms with Crippen molar-refractivity contribution in [3.05, 3.63) is 0 Å². The summed E-state index contributed by atoms with van der Waals surface area (Å²) in [5, 5.41) is 6.97. The molecule has 9 heavy (non-hydrogen) atoms. The smallest absolute Gasteiger partial charge is 0.0699 e. The van der Waals surface area contributed by atoms with Gasteiger partial charge in [-0.1, -0.05) is 0 Å². The van der Waals surface area contributed by atoms with E-state index in [0.29, 0.717) is 5.66 Å². The van der Waals surface area contributed by atoms with Gasteiger partial charge in [0, 0.05) is 0 Å². The van der Waals surface area contributed by atoms with E-state index < -0.39 is 0 Å². The second-order valence-corrected chi connectivity index (χ2v) is 3.14. The second-order valence-electron chi connectivity index (χ2n) is 3.14. The topological polar surface area (TPSA) is 24.1 Å². The molecule has 2 nitrogen and oxygen atoms in total. The maximum atomic E-state index is 3.52. The van der Waals surface area contributed by atoms with Gasteiger partial charge in [0.15, 0.2) is 0 Å². The molecule has 0 saturated carbocycles. The maximum Gasteiger partial charge on any atom is 0.0699 e. The molecule has 0 aliphatic carbocycles. The lowest BCUT2D eigenvalue weighted by molar-refractivity contribution is 0.117. The Morgan fingerprint density at radius 1 is 0.889 bits per heavy atom. The molecule has 0 bridgehead atoms. The van der Waals surface area contributed by atoms with Gasteiger partial charge in [-0.25, -0.2) is 0 Å². The molecular weight excluding hydrogens is 112 g/mol. The summed E-state index contributed by atoms with van der Waals surface area (Å²) in [6, 6.07) is 0. The van der Waals surface area contributed by atoms with Gasteiger partial charge < -0.3 is 0 Å². The van der Waals surface area contributed by atoms with Crippen LogP contribution >= 0.6 is 0 Å². The van der Waals surface area contributed by atoms with E-state index >= 15 is 0 Å². The van der Waals surface area contributed by atoms with Crippen LogP contribution in [0, 0.1) is 0 Å². The Morgan fingerprint density at radius 3 is 2.11 bits per heavy atom. The van der Waals surface area contributed by atoms with Gasteiger partial charge >= 0.3 is 0 Å². The first-order chi connectivity index (χ1) is 4.41. The van der Waals surface area contributed by atoms with E-state index in [1.54, 1.807) is 0 Å². The van der Waals surface area contributed by atoms with Gasteiger partial charge in [-0.15, -0.1) is 0 Å². The molecule has 2 heterocycles. The molecular formula is C7H14N2. The highest BCUT2D eigenvalue weighted by Gasteiger charge is 2.36. The minimum Gasteiger partial charge on any atom is -0.299 e. The Kier molecular flexibility index (Phi) is 1.24. The molecule has 2 saturated heterocycles. The van der Waals surface area contributed by atoms with Gasteiger partial charge in [0.25, 0.3) is 0 Å². The second kappa shape index (κ2) is 1.96. The summed E-state index contributed by atoms with van der Waals surface area (Å²) in [6.07, 6.45) is 5.45. The zero-order valence-corrected chi connectivity index (χ0v) is 5.74. The van der Waals surface area contributed by atoms with Crippen molar-refractivity contribution in [2.75, 3.05) is 13.1 Å². The quantitative estimate of drug-likeness (QED) is 0.492. The van der Waals surface area contributed by atoms with Crippen LogP contribution in [-0.2, 0) is 0 Å². The van der Waals surface area contributed by atoms with E-state index in [0.717, 1.165) is 0 Å². The first-order valence-electron chi connectivity index (χ1n) is 3.91. The van der Waals surface area contributed by atoms with Crippen LogP contribution < -0.4 is 10.6 Å². The molecule has 1 atom stereocenters. The molecule has 0 aromatic heterocycles. The minimum absolute atomic E-state index is 0.401. The van der Waals surface area contributed by atoms with Crippen LogP contribution in [0.3, 0.4) is 0 Å². The summed E-state index contributed by atoms with van der Waals surface area (Å²) in [7, 11) is 0. The molecule has 2 heteroatoms. The van der Waals surface area contributed by atoms with E-state index in [9.17, 15) is 0 Å². The van der Waals surface area contributed by atoms with Crippen molar-refractivity contribution in [2.45, 2.75) is 31.3 Å². The highest BCUT2D eigenvalue weighted by Crippen LogP contribution is 2.24. The molecule has 52 valence electrons. The average Bonchev–Trinajstić information content (AvgIpc) is 1.87. The molecule has 0 radical (unpaired) electrons. The Labute approximate surface area is 56.0 Å². The van der Waals surface area contributed by atoms with Gasteiger partial charge in [0.05, 0.1) is 5.66 Å². The number of hydrogen-bond donors (Lipinski definition) is 2. The normalized spacial score (nSPS) is 42.7. The third-order valence-electron chi connectivity index (χ3n) is 2.51. The van der Waals surface area contributed by atoms with E-state index in [4.69, 9.17) is 0 Å². The van der Waals surface area contributed by atoms with Crippen LogP contribution in [-0.4, -0.2) is 18.8 Å². The van der Waals surface area contributed by atoms with Crippen LogP contribution in [0.25, 0.3) is 0 Å². The number of piperidine rings is 1. The molecule has 1 unspecified atom stereocenters. The molecule has 0 amide bonds. The molecule has 0 aromatic rings. The fourth-order valence-electron chi connectivity index (χ4n) is 1.76. The Morgan fingerprint density at radius 2 is 1.78 bits per heavy atom. The minimum atomic E-state index is 0.401. The average molecular weight is 126 g/mol. The van der Waals surface area contributed by atoms with E-state index in [1.165, 1.54) is 38.8 Å². The number of rotatable bonds is 0. The first kappa shape index (κ1) is 5.69. The predicted molar refractivity (Wildman–Crippen MR) is 37.2 cm³/mol. The Hall–Kier alpha value is -0.0800. The lowest BCUT2D eigenvalue weighted by Crippen LogP contribution is -2.67. The Balaban J connectivity index is 1.93. The lowest BCUT2D eigenvalue weighted by atomic mass is 9.89. The van der Waals surface area contributed by atoms with Crippen molar-refractivity contribution in [3.63, 3.8) is 0 Å². The van der Waals surface area contributed by atoms with E-state index in [2.05, 4.69) is 10.6 Å². The van der Waals surface area contributed by atoms with E-state index in [-0.39, 0.29) is 0 Å². The van der Waals surface area contributed by atoms with Crippen molar-refractivity contribution in [1.82, 2.24) is 10.6 Å². The van der Waals surface area contributed by atoms with Gasteiger partial charge in [-0.3, -0.25) is 10.6 Å². The predicted octanol–water partition coefficient (Wildman–Crippen LogP) is 0.450. The van der Waals surface area contributed by atoms with Crippen molar-refractivity contribution in [1.29, 1.82) is 0 Å². The van der Waals surface area contributed by atoms with Crippen LogP contribution in [0.15, 0.2) is 0 Å². The van der Waals surface area contributed by atoms with Gasteiger partial charge in [0.2, 0.25) is 0 Å². The van der Waals surface area contributed by atoms with Crippen LogP contribution in [0.1, 0.15) is 25.7 Å². The number of hydrogen-bond acceptors (Lipinski definition) is 2. The SMILES string of the molecule is C1CCC2(CCN2)NC1. The van der Waals surface area contributed by atoms with Crippen molar-refractivity contribution < 1.29 is 0 Å². The summed E-state index contributed by atoms with van der Waals surface area (Å²) in [5.74, 6) is 0. The lowest BCUT2D eigenvalue weighted by Gasteiger charge is -2.46. The van der Waals surface area contributed by atoms with E-state index in [1.807, 2.05) is 0 Å². The fourth-order valence-corrected chi connectivity index (χ4v) is 1.76. The van der Waals surface area contributed by atoms with Crippen LogP contribution in [0.4, 0.5) is 0 Å². The van der Waals surface area contributed by atoms with Crippen molar-refractivity contribution in [2.24, 2.45) is 0 Å². The first-order valence-corrected chi connectivity index (χ1v) is 3.91. The maximum absolute atomic E-state index is 3.52. The highest BCUT2D eigenvalue weighted by atomic mass is 15.2. The number of nitrogens with one attached hydrogen (secondary N) is 2. The third kappa shape index (κ3) is 0.864. The van der Waals surface area contributed by atoms with Crippen molar-refractivity contribution >= 4 is 0 Å². The van der Waals surface area contributed by atoms with Gasteiger partial charge in [0.1, 0.15) is 0 Å². The standard InChI is InChI=1S/C7H14N2/c1-2-5-8-7(3-1)4-6-9-7/h8-9H,1-6H2. The zero-order chi connectivity index (χ0) is 6.16. The molecule has 1 spiro atoms. The van der Waals surface area contributed by atoms with Crippen molar-refractivity contribution in [3.8, 4) is 0 Å². The summed E-state index contributed by atoms with van der Waals surface area (Å²) < 4.78 is 0. The summed E-state index contributed by atoms with van der Waals surface area (Å²) in [5.41, 5.74) is 0.401. The monoisotopic (exact) mass is 126 g/mol. The van der Waals surface area contributed by atoms with Gasteiger partial charge in [-0.05, 0) is 38.8 Å². The molecule has 0 aromatic carbocycles. The molecule has 2 aliphatic heterocycles. The van der Waals surface area contributed by atoms with Crippen LogP contribution in [0.2, 0.25) is 0 Å². The largest absolute Gasteiger partial charge is 0.299 e.